The summed E-state index contributed by atoms with van der Waals surface area (Å²) in [6, 6.07) is 17.4. The molecule has 168 valence electrons. The number of rotatable bonds is 11. The molecule has 3 atom stereocenters. The first-order valence-corrected chi connectivity index (χ1v) is 10.9. The first-order valence-electron chi connectivity index (χ1n) is 10.9. The summed E-state index contributed by atoms with van der Waals surface area (Å²) < 4.78 is 0. The Kier molecular flexibility index (Phi) is 9.69. The van der Waals surface area contributed by atoms with Crippen LogP contribution in [0.25, 0.3) is 0 Å². The van der Waals surface area contributed by atoms with Gasteiger partial charge in [0, 0.05) is 12.2 Å². The predicted octanol–water partition coefficient (Wildman–Crippen LogP) is 3.50. The number of carbonyl (C=O) groups is 2. The molecule has 0 aliphatic rings. The molecular weight excluding hydrogens is 390 g/mol. The van der Waals surface area contributed by atoms with E-state index in [9.17, 15) is 14.7 Å². The third kappa shape index (κ3) is 8.15. The third-order valence-electron chi connectivity index (χ3n) is 5.05. The van der Waals surface area contributed by atoms with Crippen molar-refractivity contribution in [3.63, 3.8) is 0 Å². The molecule has 0 spiro atoms. The van der Waals surface area contributed by atoms with E-state index in [-0.39, 0.29) is 30.2 Å². The molecule has 2 rings (SSSR count). The standard InChI is InChI=1S/C25H35N3O3/c1-17(2)15-21(24(30)27-20-13-9-6-10-14-20)28-25(31)23(18(3)4)26-16-22(29)19-11-7-5-8-12-19/h5-14,17-18,21-23,26,29H,15-16H2,1-4H3,(H,27,30)(H,28,31)/t21-,22-,23-/m0/s1. The molecule has 0 aliphatic carbocycles. The fourth-order valence-electron chi connectivity index (χ4n) is 3.38. The molecule has 0 saturated carbocycles. The summed E-state index contributed by atoms with van der Waals surface area (Å²) in [5, 5.41) is 19.4. The van der Waals surface area contributed by atoms with Gasteiger partial charge in [-0.15, -0.1) is 0 Å². The molecule has 2 aromatic rings. The second-order valence-electron chi connectivity index (χ2n) is 8.60. The SMILES string of the molecule is CC(C)C[C@H](NC(=O)[C@@H](NC[C@H](O)c1ccccc1)C(C)C)C(=O)Nc1ccccc1. The normalized spacial score (nSPS) is 14.2. The molecule has 0 heterocycles. The summed E-state index contributed by atoms with van der Waals surface area (Å²) in [4.78, 5) is 25.9. The van der Waals surface area contributed by atoms with Crippen molar-refractivity contribution in [3.05, 3.63) is 66.2 Å². The number of para-hydroxylation sites is 1. The van der Waals surface area contributed by atoms with E-state index in [4.69, 9.17) is 0 Å². The summed E-state index contributed by atoms with van der Waals surface area (Å²) in [7, 11) is 0. The minimum atomic E-state index is -0.719. The summed E-state index contributed by atoms with van der Waals surface area (Å²) in [6.45, 7) is 8.15. The van der Waals surface area contributed by atoms with Crippen LogP contribution in [0.1, 0.15) is 45.8 Å². The van der Waals surface area contributed by atoms with Gasteiger partial charge in [-0.2, -0.15) is 0 Å². The Labute approximate surface area is 185 Å². The second-order valence-corrected chi connectivity index (χ2v) is 8.60. The van der Waals surface area contributed by atoms with Crippen LogP contribution in [0.15, 0.2) is 60.7 Å². The van der Waals surface area contributed by atoms with E-state index < -0.39 is 18.2 Å². The molecule has 0 aliphatic heterocycles. The van der Waals surface area contributed by atoms with Gasteiger partial charge in [0.1, 0.15) is 6.04 Å². The Morgan fingerprint density at radius 3 is 2.00 bits per heavy atom. The molecule has 4 N–H and O–H groups in total. The van der Waals surface area contributed by atoms with Gasteiger partial charge in [-0.25, -0.2) is 0 Å². The highest BCUT2D eigenvalue weighted by atomic mass is 16.3. The van der Waals surface area contributed by atoms with Crippen molar-refractivity contribution in [1.82, 2.24) is 10.6 Å². The highest BCUT2D eigenvalue weighted by Gasteiger charge is 2.28. The van der Waals surface area contributed by atoms with Crippen molar-refractivity contribution in [2.75, 3.05) is 11.9 Å². The smallest absolute Gasteiger partial charge is 0.246 e. The van der Waals surface area contributed by atoms with Gasteiger partial charge < -0.3 is 21.1 Å². The molecule has 6 nitrogen and oxygen atoms in total. The van der Waals surface area contributed by atoms with E-state index in [0.717, 1.165) is 5.56 Å². The fraction of sp³-hybridized carbons (Fsp3) is 0.440. The zero-order valence-electron chi connectivity index (χ0n) is 18.8. The Morgan fingerprint density at radius 1 is 0.871 bits per heavy atom. The van der Waals surface area contributed by atoms with Crippen LogP contribution >= 0.6 is 0 Å². The van der Waals surface area contributed by atoms with Crippen LogP contribution in [0.4, 0.5) is 5.69 Å². The molecule has 2 aromatic carbocycles. The minimum Gasteiger partial charge on any atom is -0.387 e. The number of amides is 2. The molecule has 2 amide bonds. The lowest BCUT2D eigenvalue weighted by Gasteiger charge is -2.27. The van der Waals surface area contributed by atoms with Crippen molar-refractivity contribution in [2.45, 2.75) is 52.3 Å². The quantitative estimate of drug-likeness (QED) is 0.444. The highest BCUT2D eigenvalue weighted by molar-refractivity contribution is 5.97. The van der Waals surface area contributed by atoms with Gasteiger partial charge in [-0.1, -0.05) is 76.2 Å². The first-order chi connectivity index (χ1) is 14.8. The van der Waals surface area contributed by atoms with Crippen LogP contribution in [-0.4, -0.2) is 35.5 Å². The van der Waals surface area contributed by atoms with E-state index >= 15 is 0 Å². The number of nitrogens with one attached hydrogen (secondary N) is 3. The minimum absolute atomic E-state index is 0.0140. The predicted molar refractivity (Wildman–Crippen MR) is 124 cm³/mol. The molecule has 0 fully saturated rings. The Morgan fingerprint density at radius 2 is 1.45 bits per heavy atom. The molecule has 0 unspecified atom stereocenters. The lowest BCUT2D eigenvalue weighted by atomic mass is 9.99. The van der Waals surface area contributed by atoms with Gasteiger partial charge in [0.25, 0.3) is 0 Å². The molecule has 0 saturated heterocycles. The van der Waals surface area contributed by atoms with Crippen molar-refractivity contribution in [2.24, 2.45) is 11.8 Å². The largest absolute Gasteiger partial charge is 0.387 e. The summed E-state index contributed by atoms with van der Waals surface area (Å²) in [6.07, 6.45) is -0.190. The van der Waals surface area contributed by atoms with Crippen molar-refractivity contribution in [1.29, 1.82) is 0 Å². The van der Waals surface area contributed by atoms with Gasteiger partial charge in [0.2, 0.25) is 11.8 Å². The Hall–Kier alpha value is -2.70. The number of benzene rings is 2. The third-order valence-corrected chi connectivity index (χ3v) is 5.05. The van der Waals surface area contributed by atoms with Gasteiger partial charge >= 0.3 is 0 Å². The summed E-state index contributed by atoms with van der Waals surface area (Å²) in [5.74, 6) is -0.263. The second kappa shape index (κ2) is 12.2. The van der Waals surface area contributed by atoms with E-state index in [1.807, 2.05) is 88.4 Å². The van der Waals surface area contributed by atoms with Crippen LogP contribution in [-0.2, 0) is 9.59 Å². The Balaban J connectivity index is 2.02. The summed E-state index contributed by atoms with van der Waals surface area (Å²) in [5.41, 5.74) is 1.48. The van der Waals surface area contributed by atoms with Gasteiger partial charge in [-0.05, 0) is 36.0 Å². The average Bonchev–Trinajstić information content (AvgIpc) is 2.74. The number of anilines is 1. The number of aliphatic hydroxyl groups excluding tert-OH is 1. The topological polar surface area (TPSA) is 90.5 Å². The monoisotopic (exact) mass is 425 g/mol. The molecule has 6 heteroatoms. The molecule has 0 bridgehead atoms. The number of aliphatic hydroxyl groups is 1. The van der Waals surface area contributed by atoms with E-state index in [0.29, 0.717) is 12.1 Å². The van der Waals surface area contributed by atoms with E-state index in [1.54, 1.807) is 0 Å². The van der Waals surface area contributed by atoms with Crippen LogP contribution in [0.5, 0.6) is 0 Å². The maximum Gasteiger partial charge on any atom is 0.246 e. The number of carbonyl (C=O) groups excluding carboxylic acids is 2. The van der Waals surface area contributed by atoms with Crippen molar-refractivity contribution >= 4 is 17.5 Å². The van der Waals surface area contributed by atoms with Gasteiger partial charge in [0.15, 0.2) is 0 Å². The fourth-order valence-corrected chi connectivity index (χ4v) is 3.38. The van der Waals surface area contributed by atoms with Crippen LogP contribution in [0.2, 0.25) is 0 Å². The van der Waals surface area contributed by atoms with E-state index in [2.05, 4.69) is 16.0 Å². The number of hydrogen-bond acceptors (Lipinski definition) is 4. The Bertz CT molecular complexity index is 809. The highest BCUT2D eigenvalue weighted by Crippen LogP contribution is 2.14. The van der Waals surface area contributed by atoms with E-state index in [1.165, 1.54) is 0 Å². The van der Waals surface area contributed by atoms with Crippen molar-refractivity contribution < 1.29 is 14.7 Å². The lowest BCUT2D eigenvalue weighted by Crippen LogP contribution is -2.54. The number of hydrogen-bond donors (Lipinski definition) is 4. The average molecular weight is 426 g/mol. The van der Waals surface area contributed by atoms with Gasteiger partial charge in [-0.3, -0.25) is 9.59 Å². The molecule has 0 aromatic heterocycles. The maximum atomic E-state index is 13.0. The molecule has 0 radical (unpaired) electrons. The van der Waals surface area contributed by atoms with Crippen LogP contribution in [0, 0.1) is 11.8 Å². The lowest BCUT2D eigenvalue weighted by molar-refractivity contribution is -0.129. The van der Waals surface area contributed by atoms with Crippen molar-refractivity contribution in [3.8, 4) is 0 Å². The zero-order chi connectivity index (χ0) is 22.8. The van der Waals surface area contributed by atoms with Crippen LogP contribution in [0.3, 0.4) is 0 Å². The molecule has 31 heavy (non-hydrogen) atoms. The van der Waals surface area contributed by atoms with Crippen LogP contribution < -0.4 is 16.0 Å². The van der Waals surface area contributed by atoms with Gasteiger partial charge in [0.05, 0.1) is 12.1 Å². The molecular formula is C25H35N3O3. The summed E-state index contributed by atoms with van der Waals surface area (Å²) >= 11 is 0. The first kappa shape index (κ1) is 24.6. The maximum absolute atomic E-state index is 13.0. The zero-order valence-corrected chi connectivity index (χ0v) is 18.8.